The molecule has 2 N–H and O–H groups in total. The molecule has 2 aromatic carbocycles. The number of hydrogen-bond donors (Lipinski definition) is 2. The van der Waals surface area contributed by atoms with Crippen molar-refractivity contribution in [3.05, 3.63) is 53.3 Å². The monoisotopic (exact) mass is 642 g/mol. The van der Waals surface area contributed by atoms with Crippen molar-refractivity contribution in [3.8, 4) is 16.9 Å². The van der Waals surface area contributed by atoms with Gasteiger partial charge in [0.15, 0.2) is 11.5 Å². The summed E-state index contributed by atoms with van der Waals surface area (Å²) in [4.78, 5) is 26.5. The molecule has 246 valence electrons. The van der Waals surface area contributed by atoms with Crippen LogP contribution < -0.4 is 14.8 Å². The third-order valence-electron chi connectivity index (χ3n) is 10.5. The fourth-order valence-corrected chi connectivity index (χ4v) is 8.18. The molecule has 0 radical (unpaired) electrons. The molecule has 45 heavy (non-hydrogen) atoms. The Morgan fingerprint density at radius 1 is 1.13 bits per heavy atom. The maximum absolute atomic E-state index is 15.8. The van der Waals surface area contributed by atoms with E-state index in [1.165, 1.54) is 6.07 Å². The van der Waals surface area contributed by atoms with Gasteiger partial charge in [-0.15, -0.1) is 0 Å². The third kappa shape index (κ3) is 6.99. The minimum absolute atomic E-state index is 0.0389. The lowest BCUT2D eigenvalue weighted by molar-refractivity contribution is -0.130. The van der Waals surface area contributed by atoms with Gasteiger partial charge in [-0.1, -0.05) is 44.9 Å². The summed E-state index contributed by atoms with van der Waals surface area (Å²) < 4.78 is 52.6. The van der Waals surface area contributed by atoms with E-state index in [4.69, 9.17) is 4.74 Å². The molecule has 0 bridgehead atoms. The minimum Gasteiger partial charge on any atom is -0.490 e. The minimum atomic E-state index is -2.77. The highest BCUT2D eigenvalue weighted by Gasteiger charge is 2.53. The maximum atomic E-state index is 15.8. The van der Waals surface area contributed by atoms with Crippen LogP contribution in [0.3, 0.4) is 0 Å². The highest BCUT2D eigenvalue weighted by Crippen LogP contribution is 2.45. The van der Waals surface area contributed by atoms with Crippen LogP contribution in [-0.2, 0) is 31.1 Å². The fraction of sp³-hybridized carbons (Fsp3) is 0.583. The van der Waals surface area contributed by atoms with Gasteiger partial charge in [0.05, 0.1) is 11.5 Å². The summed E-state index contributed by atoms with van der Waals surface area (Å²) in [5.41, 5.74) is -0.515. The van der Waals surface area contributed by atoms with E-state index in [0.29, 0.717) is 40.8 Å². The predicted molar refractivity (Wildman–Crippen MR) is 177 cm³/mol. The summed E-state index contributed by atoms with van der Waals surface area (Å²) in [7, 11) is -2.77. The van der Waals surface area contributed by atoms with Crippen molar-refractivity contribution in [3.63, 3.8) is 0 Å². The van der Waals surface area contributed by atoms with Gasteiger partial charge in [0.25, 0.3) is 0 Å². The molecular formula is C36H48F2N2O4S. The quantitative estimate of drug-likeness (QED) is 0.269. The van der Waals surface area contributed by atoms with Crippen LogP contribution in [-0.4, -0.2) is 51.4 Å². The Hall–Kier alpha value is -2.78. The van der Waals surface area contributed by atoms with Crippen LogP contribution >= 0.6 is 0 Å². The molecule has 1 aliphatic heterocycles. The normalized spacial score (nSPS) is 25.7. The number of alkyl halides is 1. The lowest BCUT2D eigenvalue weighted by atomic mass is 9.82. The van der Waals surface area contributed by atoms with E-state index in [1.54, 1.807) is 26.8 Å². The number of carbonyl (C=O) groups is 2. The van der Waals surface area contributed by atoms with Crippen molar-refractivity contribution in [2.75, 3.05) is 12.3 Å². The Kier molecular flexibility index (Phi) is 9.54. The summed E-state index contributed by atoms with van der Waals surface area (Å²) >= 11 is 0. The Bertz CT molecular complexity index is 1550. The highest BCUT2D eigenvalue weighted by molar-refractivity contribution is 7.98. The molecule has 3 aliphatic rings. The molecule has 1 heterocycles. The molecular weight excluding hydrogens is 594 g/mol. The number of rotatable bonds is 11. The van der Waals surface area contributed by atoms with Gasteiger partial charge in [-0.2, -0.15) is 0 Å². The van der Waals surface area contributed by atoms with Gasteiger partial charge in [-0.3, -0.25) is 14.3 Å². The van der Waals surface area contributed by atoms with Crippen LogP contribution in [0, 0.1) is 11.7 Å². The summed E-state index contributed by atoms with van der Waals surface area (Å²) in [6.07, 6.45) is 6.95. The van der Waals surface area contributed by atoms with Crippen molar-refractivity contribution in [2.24, 2.45) is 5.92 Å². The number of halogens is 2. The lowest BCUT2D eigenvalue weighted by Gasteiger charge is -2.27. The molecule has 1 saturated heterocycles. The molecule has 2 aliphatic carbocycles. The maximum Gasteiger partial charge on any atom is 0.241 e. The zero-order valence-electron chi connectivity index (χ0n) is 27.1. The first kappa shape index (κ1) is 33.6. The standard InChI is InChI=1S/C36H48F2N2O4S/c1-6-27-28(11-10-12-30(27)37)29-21-25(34(3,4)33(42)40-45(5,43)7-2)14-16-31(29)44-26-15-13-24(19-26)20-32(41)36(38)22-35(39-23-36)17-8-9-18-35/h10-12,14,16,21,24,26,39H,5-9,13,15,17-20,22-23H2,1-4H3,(H,40,42,43)/t24-,26-,36-,45?/m1/s1. The zero-order valence-corrected chi connectivity index (χ0v) is 27.9. The molecule has 6 nitrogen and oxygen atoms in total. The molecule has 1 spiro atoms. The third-order valence-corrected chi connectivity index (χ3v) is 11.9. The predicted octanol–water partition coefficient (Wildman–Crippen LogP) is 6.62. The Morgan fingerprint density at radius 2 is 1.87 bits per heavy atom. The summed E-state index contributed by atoms with van der Waals surface area (Å²) in [5.74, 6) is 3.45. The van der Waals surface area contributed by atoms with E-state index in [1.807, 2.05) is 31.2 Å². The van der Waals surface area contributed by atoms with E-state index in [-0.39, 0.29) is 54.3 Å². The van der Waals surface area contributed by atoms with Gasteiger partial charge in [0, 0.05) is 45.9 Å². The van der Waals surface area contributed by atoms with Gasteiger partial charge in [0.1, 0.15) is 11.6 Å². The summed E-state index contributed by atoms with van der Waals surface area (Å²) in [6, 6.07) is 10.4. The lowest BCUT2D eigenvalue weighted by Crippen LogP contribution is -2.43. The van der Waals surface area contributed by atoms with E-state index < -0.39 is 26.7 Å². The molecule has 4 atom stereocenters. The Labute approximate surface area is 267 Å². The van der Waals surface area contributed by atoms with Crippen LogP contribution in [0.4, 0.5) is 8.78 Å². The van der Waals surface area contributed by atoms with Gasteiger partial charge in [-0.25, -0.2) is 13.0 Å². The van der Waals surface area contributed by atoms with Crippen molar-refractivity contribution >= 4 is 27.3 Å². The number of benzene rings is 2. The number of carbonyl (C=O) groups excluding carboxylic acids is 2. The first-order valence-corrected chi connectivity index (χ1v) is 18.3. The van der Waals surface area contributed by atoms with E-state index in [0.717, 1.165) is 38.5 Å². The van der Waals surface area contributed by atoms with Crippen molar-refractivity contribution in [1.29, 1.82) is 0 Å². The average Bonchev–Trinajstić information content (AvgIpc) is 3.73. The first-order valence-electron chi connectivity index (χ1n) is 16.4. The zero-order chi connectivity index (χ0) is 32.6. The second kappa shape index (κ2) is 12.8. The second-order valence-electron chi connectivity index (χ2n) is 14.0. The topological polar surface area (TPSA) is 84.5 Å². The van der Waals surface area contributed by atoms with Gasteiger partial charge >= 0.3 is 0 Å². The van der Waals surface area contributed by atoms with Gasteiger partial charge in [-0.05, 0) is 99.1 Å². The SMILES string of the molecule is C=S(=O)(CC)NC(=O)C(C)(C)c1ccc(O[C@@H]2CC[C@@H](CC(=O)[C@]3(F)CNC4(CCCC4)C3)C2)c(-c2cccc(F)c2CC)c1. The number of ketones is 1. The highest BCUT2D eigenvalue weighted by atomic mass is 32.2. The van der Waals surface area contributed by atoms with Crippen LogP contribution in [0.1, 0.15) is 96.6 Å². The Balaban J connectivity index is 1.36. The van der Waals surface area contributed by atoms with Crippen molar-refractivity contribution < 1.29 is 27.3 Å². The number of Topliss-reactive ketones (excluding diaryl/α,β-unsaturated/α-hetero) is 1. The van der Waals surface area contributed by atoms with Crippen LogP contribution in [0.25, 0.3) is 11.1 Å². The molecule has 0 aromatic heterocycles. The van der Waals surface area contributed by atoms with Crippen LogP contribution in [0.15, 0.2) is 36.4 Å². The van der Waals surface area contributed by atoms with Gasteiger partial charge in [0.2, 0.25) is 5.91 Å². The number of ether oxygens (including phenoxy) is 1. The molecule has 1 unspecified atom stereocenters. The number of nitrogens with one attached hydrogen (secondary N) is 2. The smallest absolute Gasteiger partial charge is 0.241 e. The Morgan fingerprint density at radius 3 is 2.56 bits per heavy atom. The van der Waals surface area contributed by atoms with Crippen LogP contribution in [0.5, 0.6) is 5.75 Å². The summed E-state index contributed by atoms with van der Waals surface area (Å²) in [6.45, 7) is 7.22. The summed E-state index contributed by atoms with van der Waals surface area (Å²) in [5, 5.41) is 3.35. The van der Waals surface area contributed by atoms with Gasteiger partial charge < -0.3 is 10.1 Å². The van der Waals surface area contributed by atoms with Crippen LogP contribution in [0.2, 0.25) is 0 Å². The van der Waals surface area contributed by atoms with E-state index in [9.17, 15) is 18.2 Å². The molecule has 2 aromatic rings. The van der Waals surface area contributed by atoms with Crippen molar-refractivity contribution in [2.45, 2.75) is 115 Å². The van der Waals surface area contributed by atoms with Crippen molar-refractivity contribution in [1.82, 2.24) is 10.0 Å². The fourth-order valence-electron chi connectivity index (χ4n) is 7.44. The molecule has 3 fully saturated rings. The molecule has 5 rings (SSSR count). The van der Waals surface area contributed by atoms with E-state index >= 15 is 4.39 Å². The first-order chi connectivity index (χ1) is 21.2. The average molecular weight is 643 g/mol. The largest absolute Gasteiger partial charge is 0.490 e. The molecule has 1 amide bonds. The number of hydrogen-bond acceptors (Lipinski definition) is 5. The second-order valence-corrected chi connectivity index (χ2v) is 16.4. The molecule has 2 saturated carbocycles. The molecule has 9 heteroatoms. The number of amides is 1. The van der Waals surface area contributed by atoms with E-state index in [2.05, 4.69) is 15.9 Å².